The highest BCUT2D eigenvalue weighted by atomic mass is 35.5. The fourth-order valence-electron chi connectivity index (χ4n) is 3.55. The maximum absolute atomic E-state index is 13.2. The smallest absolute Gasteiger partial charge is 0.257 e. The molecule has 1 aliphatic heterocycles. The highest BCUT2D eigenvalue weighted by Crippen LogP contribution is 2.32. The molecule has 0 aliphatic carbocycles. The van der Waals surface area contributed by atoms with Crippen LogP contribution in [0.1, 0.15) is 16.8 Å². The summed E-state index contributed by atoms with van der Waals surface area (Å²) in [6.45, 7) is 1.74. The molecule has 0 bridgehead atoms. The van der Waals surface area contributed by atoms with Crippen LogP contribution in [0, 0.1) is 6.92 Å². The maximum Gasteiger partial charge on any atom is 0.257 e. The Balaban J connectivity index is 1.60. The Morgan fingerprint density at radius 1 is 1.22 bits per heavy atom. The number of ether oxygens (including phenoxy) is 2. The van der Waals surface area contributed by atoms with Gasteiger partial charge >= 0.3 is 0 Å². The number of nitrogens with zero attached hydrogens (tertiary/aromatic N) is 2. The molecule has 0 unspecified atom stereocenters. The lowest BCUT2D eigenvalue weighted by Gasteiger charge is -2.16. The summed E-state index contributed by atoms with van der Waals surface area (Å²) in [4.78, 5) is 30.5. The van der Waals surface area contributed by atoms with Crippen molar-refractivity contribution in [2.45, 2.75) is 26.4 Å². The molecule has 0 saturated carbocycles. The average molecular weight is 456 g/mol. The number of amides is 1. The first-order chi connectivity index (χ1) is 15.5. The molecule has 2 heterocycles. The van der Waals surface area contributed by atoms with Crippen molar-refractivity contribution in [1.29, 1.82) is 0 Å². The van der Waals surface area contributed by atoms with E-state index in [0.717, 1.165) is 5.56 Å². The Morgan fingerprint density at radius 3 is 2.81 bits per heavy atom. The molecule has 2 aromatic carbocycles. The van der Waals surface area contributed by atoms with Crippen LogP contribution in [0.2, 0.25) is 5.02 Å². The van der Waals surface area contributed by atoms with Crippen molar-refractivity contribution in [3.05, 3.63) is 74.7 Å². The molecule has 3 aromatic rings. The van der Waals surface area contributed by atoms with E-state index in [1.807, 2.05) is 6.07 Å². The Bertz CT molecular complexity index is 1220. The van der Waals surface area contributed by atoms with Crippen molar-refractivity contribution in [2.24, 2.45) is 0 Å². The molecule has 32 heavy (non-hydrogen) atoms. The predicted molar refractivity (Wildman–Crippen MR) is 119 cm³/mol. The van der Waals surface area contributed by atoms with E-state index < -0.39 is 0 Å². The SMILES string of the molecule is Cc1nc(-c2cccc(Cl)c2)n(CC(=O)NCc2ccc3c(c2)OCO3)c(=O)c1CCO. The fraction of sp³-hybridized carbons (Fsp3) is 0.261. The van der Waals surface area contributed by atoms with Crippen LogP contribution in [-0.2, 0) is 24.3 Å². The maximum atomic E-state index is 13.2. The summed E-state index contributed by atoms with van der Waals surface area (Å²) in [5.74, 6) is 1.29. The van der Waals surface area contributed by atoms with Crippen LogP contribution in [0.3, 0.4) is 0 Å². The zero-order valence-corrected chi connectivity index (χ0v) is 18.2. The third kappa shape index (κ3) is 4.61. The van der Waals surface area contributed by atoms with E-state index in [4.69, 9.17) is 21.1 Å². The number of hydrogen-bond acceptors (Lipinski definition) is 6. The number of nitrogens with one attached hydrogen (secondary N) is 1. The van der Waals surface area contributed by atoms with E-state index in [2.05, 4.69) is 10.3 Å². The van der Waals surface area contributed by atoms with Gasteiger partial charge in [0.25, 0.3) is 5.56 Å². The number of halogens is 1. The summed E-state index contributed by atoms with van der Waals surface area (Å²) in [5.41, 5.74) is 1.99. The minimum Gasteiger partial charge on any atom is -0.454 e. The zero-order valence-electron chi connectivity index (χ0n) is 17.4. The topological polar surface area (TPSA) is 103 Å². The van der Waals surface area contributed by atoms with Crippen LogP contribution in [0.25, 0.3) is 11.4 Å². The number of aliphatic hydroxyl groups excluding tert-OH is 1. The van der Waals surface area contributed by atoms with Crippen molar-refractivity contribution in [1.82, 2.24) is 14.9 Å². The molecule has 2 N–H and O–H groups in total. The molecular formula is C23H22ClN3O5. The largest absolute Gasteiger partial charge is 0.454 e. The highest BCUT2D eigenvalue weighted by Gasteiger charge is 2.18. The minimum absolute atomic E-state index is 0.159. The fourth-order valence-corrected chi connectivity index (χ4v) is 3.74. The Labute approximate surface area is 189 Å². The summed E-state index contributed by atoms with van der Waals surface area (Å²) in [5, 5.41) is 12.7. The summed E-state index contributed by atoms with van der Waals surface area (Å²) in [7, 11) is 0. The van der Waals surface area contributed by atoms with Crippen LogP contribution in [0.5, 0.6) is 11.5 Å². The molecule has 1 aliphatic rings. The number of benzene rings is 2. The third-order valence-electron chi connectivity index (χ3n) is 5.14. The van der Waals surface area contributed by atoms with Crippen molar-refractivity contribution < 1.29 is 19.4 Å². The molecule has 0 atom stereocenters. The van der Waals surface area contributed by atoms with E-state index in [0.29, 0.717) is 39.2 Å². The van der Waals surface area contributed by atoms with E-state index in [1.165, 1.54) is 4.57 Å². The lowest BCUT2D eigenvalue weighted by molar-refractivity contribution is -0.121. The molecule has 1 aromatic heterocycles. The van der Waals surface area contributed by atoms with Crippen molar-refractivity contribution in [2.75, 3.05) is 13.4 Å². The van der Waals surface area contributed by atoms with Gasteiger partial charge in [-0.2, -0.15) is 0 Å². The van der Waals surface area contributed by atoms with Gasteiger partial charge in [-0.25, -0.2) is 4.98 Å². The summed E-state index contributed by atoms with van der Waals surface area (Å²) < 4.78 is 12.0. The number of hydrogen-bond donors (Lipinski definition) is 2. The Morgan fingerprint density at radius 2 is 2.03 bits per heavy atom. The molecule has 8 nitrogen and oxygen atoms in total. The first kappa shape index (κ1) is 21.9. The number of aliphatic hydroxyl groups is 1. The van der Waals surface area contributed by atoms with Crippen molar-refractivity contribution in [3.63, 3.8) is 0 Å². The first-order valence-electron chi connectivity index (χ1n) is 10.1. The van der Waals surface area contributed by atoms with Crippen LogP contribution in [0.4, 0.5) is 0 Å². The van der Waals surface area contributed by atoms with E-state index >= 15 is 0 Å². The van der Waals surface area contributed by atoms with Gasteiger partial charge < -0.3 is 19.9 Å². The summed E-state index contributed by atoms with van der Waals surface area (Å²) >= 11 is 6.12. The Kier molecular flexibility index (Phi) is 6.43. The van der Waals surface area contributed by atoms with Gasteiger partial charge in [-0.1, -0.05) is 29.8 Å². The lowest BCUT2D eigenvalue weighted by atomic mass is 10.1. The third-order valence-corrected chi connectivity index (χ3v) is 5.38. The molecule has 4 rings (SSSR count). The number of fused-ring (bicyclic) bond motifs is 1. The van der Waals surface area contributed by atoms with Gasteiger partial charge in [-0.05, 0) is 36.8 Å². The number of aryl methyl sites for hydroxylation is 1. The second-order valence-electron chi connectivity index (χ2n) is 7.34. The minimum atomic E-state index is -0.361. The van der Waals surface area contributed by atoms with Gasteiger partial charge in [0.2, 0.25) is 12.7 Å². The van der Waals surface area contributed by atoms with Crippen molar-refractivity contribution >= 4 is 17.5 Å². The van der Waals surface area contributed by atoms with Gasteiger partial charge in [-0.3, -0.25) is 14.2 Å². The molecule has 9 heteroatoms. The van der Waals surface area contributed by atoms with Gasteiger partial charge in [0.15, 0.2) is 11.5 Å². The van der Waals surface area contributed by atoms with Gasteiger partial charge in [0.05, 0.1) is 0 Å². The number of aromatic nitrogens is 2. The van der Waals surface area contributed by atoms with Gasteiger partial charge in [0, 0.05) is 41.4 Å². The molecule has 0 spiro atoms. The molecular weight excluding hydrogens is 434 g/mol. The quantitative estimate of drug-likeness (QED) is 0.567. The molecule has 0 radical (unpaired) electrons. The van der Waals surface area contributed by atoms with Crippen LogP contribution in [-0.4, -0.2) is 34.0 Å². The van der Waals surface area contributed by atoms with Gasteiger partial charge in [0.1, 0.15) is 12.4 Å². The zero-order chi connectivity index (χ0) is 22.7. The lowest BCUT2D eigenvalue weighted by Crippen LogP contribution is -2.35. The summed E-state index contributed by atoms with van der Waals surface area (Å²) in [6, 6.07) is 12.4. The standard InChI is InChI=1S/C23H22ClN3O5/c1-14-18(7-8-28)23(30)27(22(26-14)16-3-2-4-17(24)10-16)12-21(29)25-11-15-5-6-19-20(9-15)32-13-31-19/h2-6,9-10,28H,7-8,11-13H2,1H3,(H,25,29). The second kappa shape index (κ2) is 9.42. The predicted octanol–water partition coefficient (Wildman–Crippen LogP) is 2.45. The number of rotatable bonds is 7. The van der Waals surface area contributed by atoms with Crippen LogP contribution in [0.15, 0.2) is 47.3 Å². The normalized spacial score (nSPS) is 12.1. The molecule has 1 amide bonds. The van der Waals surface area contributed by atoms with Gasteiger partial charge in [-0.15, -0.1) is 0 Å². The van der Waals surface area contributed by atoms with Crippen LogP contribution < -0.4 is 20.3 Å². The molecule has 0 saturated heterocycles. The molecule has 166 valence electrons. The number of carbonyl (C=O) groups is 1. The van der Waals surface area contributed by atoms with Crippen LogP contribution >= 0.6 is 11.6 Å². The van der Waals surface area contributed by atoms with E-state index in [9.17, 15) is 14.7 Å². The first-order valence-corrected chi connectivity index (χ1v) is 10.5. The summed E-state index contributed by atoms with van der Waals surface area (Å²) in [6.07, 6.45) is 0.159. The Hall–Kier alpha value is -3.36. The highest BCUT2D eigenvalue weighted by molar-refractivity contribution is 6.30. The van der Waals surface area contributed by atoms with E-state index in [1.54, 1.807) is 43.3 Å². The monoisotopic (exact) mass is 455 g/mol. The van der Waals surface area contributed by atoms with E-state index in [-0.39, 0.29) is 44.4 Å². The average Bonchev–Trinajstić information content (AvgIpc) is 3.25. The molecule has 0 fully saturated rings. The number of carbonyl (C=O) groups excluding carboxylic acids is 1. The van der Waals surface area contributed by atoms with Crippen molar-refractivity contribution in [3.8, 4) is 22.9 Å². The second-order valence-corrected chi connectivity index (χ2v) is 7.78.